The molecule has 2 rings (SSSR count). The average Bonchev–Trinajstić information content (AvgIpc) is 2.42. The maximum Gasteiger partial charge on any atom is 0.130 e. The number of hydrogen-bond donors (Lipinski definition) is 0. The van der Waals surface area contributed by atoms with Gasteiger partial charge in [-0.25, -0.2) is 0 Å². The largest absolute Gasteiger partial charge is 0.457 e. The van der Waals surface area contributed by atoms with E-state index in [9.17, 15) is 0 Å². The Labute approximate surface area is 111 Å². The third-order valence-electron chi connectivity index (χ3n) is 2.60. The molecule has 0 amide bonds. The molecule has 0 fully saturated rings. The summed E-state index contributed by atoms with van der Waals surface area (Å²) in [6.07, 6.45) is 0. The van der Waals surface area contributed by atoms with Crippen molar-refractivity contribution in [3.05, 3.63) is 59.2 Å². The molecule has 0 spiro atoms. The quantitative estimate of drug-likeness (QED) is 0.764. The number of hydrogen-bond acceptors (Lipinski definition) is 2. The van der Waals surface area contributed by atoms with Crippen molar-refractivity contribution in [2.24, 2.45) is 0 Å². The fraction of sp³-hybridized carbons (Fsp3) is 0.133. The van der Waals surface area contributed by atoms with Crippen molar-refractivity contribution in [2.75, 3.05) is 0 Å². The second-order valence-corrected chi connectivity index (χ2v) is 4.24. The molecule has 0 aromatic heterocycles. The summed E-state index contributed by atoms with van der Waals surface area (Å²) in [6.45, 7) is 1.98. The van der Waals surface area contributed by atoms with Crippen LogP contribution in [0.15, 0.2) is 42.5 Å². The molecular weight excluding hydrogens is 246 g/mol. The van der Waals surface area contributed by atoms with Crippen molar-refractivity contribution in [1.29, 1.82) is 5.26 Å². The summed E-state index contributed by atoms with van der Waals surface area (Å²) < 4.78 is 5.76. The second kappa shape index (κ2) is 5.57. The fourth-order valence-electron chi connectivity index (χ4n) is 1.63. The topological polar surface area (TPSA) is 33.0 Å². The van der Waals surface area contributed by atoms with Gasteiger partial charge in [-0.05, 0) is 48.4 Å². The highest BCUT2D eigenvalue weighted by atomic mass is 35.5. The number of alkyl halides is 1. The molecule has 2 aromatic carbocycles. The Balaban J connectivity index is 2.20. The lowest BCUT2D eigenvalue weighted by Gasteiger charge is -2.09. The van der Waals surface area contributed by atoms with Gasteiger partial charge in [0.25, 0.3) is 0 Å². The van der Waals surface area contributed by atoms with Crippen LogP contribution in [0.5, 0.6) is 11.5 Å². The van der Waals surface area contributed by atoms with Gasteiger partial charge in [0.15, 0.2) is 0 Å². The van der Waals surface area contributed by atoms with Gasteiger partial charge < -0.3 is 4.74 Å². The molecule has 0 aliphatic heterocycles. The van der Waals surface area contributed by atoms with E-state index in [1.165, 1.54) is 0 Å². The zero-order valence-electron chi connectivity index (χ0n) is 9.98. The van der Waals surface area contributed by atoms with Crippen LogP contribution in [0.25, 0.3) is 0 Å². The van der Waals surface area contributed by atoms with Crippen molar-refractivity contribution in [2.45, 2.75) is 12.8 Å². The molecule has 0 saturated carbocycles. The highest BCUT2D eigenvalue weighted by Crippen LogP contribution is 2.26. The van der Waals surface area contributed by atoms with Gasteiger partial charge >= 0.3 is 0 Å². The summed E-state index contributed by atoms with van der Waals surface area (Å²) in [6, 6.07) is 15.0. The minimum Gasteiger partial charge on any atom is -0.457 e. The van der Waals surface area contributed by atoms with Crippen LogP contribution in [0.3, 0.4) is 0 Å². The third kappa shape index (κ3) is 2.82. The fourth-order valence-corrected chi connectivity index (χ4v) is 1.80. The first-order valence-corrected chi connectivity index (χ1v) is 6.10. The van der Waals surface area contributed by atoms with E-state index in [0.717, 1.165) is 22.6 Å². The van der Waals surface area contributed by atoms with Crippen LogP contribution >= 0.6 is 11.6 Å². The zero-order chi connectivity index (χ0) is 13.0. The lowest BCUT2D eigenvalue weighted by Crippen LogP contribution is -1.89. The summed E-state index contributed by atoms with van der Waals surface area (Å²) >= 11 is 5.77. The number of nitriles is 1. The molecular formula is C15H12ClNO. The van der Waals surface area contributed by atoms with Crippen LogP contribution in [-0.2, 0) is 5.88 Å². The van der Waals surface area contributed by atoms with E-state index in [2.05, 4.69) is 6.07 Å². The van der Waals surface area contributed by atoms with Gasteiger partial charge in [0.1, 0.15) is 11.5 Å². The van der Waals surface area contributed by atoms with Crippen LogP contribution in [0.1, 0.15) is 16.7 Å². The number of halogens is 1. The molecule has 18 heavy (non-hydrogen) atoms. The number of rotatable bonds is 3. The minimum atomic E-state index is 0.498. The molecule has 0 saturated heterocycles. The summed E-state index contributed by atoms with van der Waals surface area (Å²) in [5.41, 5.74) is 2.73. The molecule has 0 unspecified atom stereocenters. The summed E-state index contributed by atoms with van der Waals surface area (Å²) in [5.74, 6) is 2.02. The molecule has 2 aromatic rings. The normalized spacial score (nSPS) is 9.83. The Hall–Kier alpha value is -1.98. The van der Waals surface area contributed by atoms with Crippen molar-refractivity contribution in [1.82, 2.24) is 0 Å². The van der Waals surface area contributed by atoms with Gasteiger partial charge in [-0.3, -0.25) is 0 Å². The number of benzene rings is 2. The van der Waals surface area contributed by atoms with Gasteiger partial charge in [0.2, 0.25) is 0 Å². The highest BCUT2D eigenvalue weighted by molar-refractivity contribution is 6.17. The summed E-state index contributed by atoms with van der Waals surface area (Å²) in [4.78, 5) is 0. The van der Waals surface area contributed by atoms with Gasteiger partial charge in [0, 0.05) is 5.88 Å². The predicted octanol–water partition coefficient (Wildman–Crippen LogP) is 4.40. The van der Waals surface area contributed by atoms with E-state index in [1.807, 2.05) is 25.1 Å². The molecule has 90 valence electrons. The van der Waals surface area contributed by atoms with Crippen LogP contribution < -0.4 is 4.74 Å². The molecule has 0 radical (unpaired) electrons. The molecule has 0 aliphatic rings. The highest BCUT2D eigenvalue weighted by Gasteiger charge is 2.02. The van der Waals surface area contributed by atoms with Gasteiger partial charge in [-0.15, -0.1) is 11.6 Å². The minimum absolute atomic E-state index is 0.498. The summed E-state index contributed by atoms with van der Waals surface area (Å²) in [5, 5.41) is 8.72. The Morgan fingerprint density at radius 1 is 1.17 bits per heavy atom. The number of nitrogens with zero attached hydrogens (tertiary/aromatic N) is 1. The monoisotopic (exact) mass is 257 g/mol. The smallest absolute Gasteiger partial charge is 0.130 e. The third-order valence-corrected chi connectivity index (χ3v) is 2.91. The van der Waals surface area contributed by atoms with Crippen molar-refractivity contribution < 1.29 is 4.74 Å². The van der Waals surface area contributed by atoms with Gasteiger partial charge in [-0.1, -0.05) is 12.1 Å². The lowest BCUT2D eigenvalue weighted by atomic mass is 10.1. The Bertz CT molecular complexity index is 584. The Morgan fingerprint density at radius 2 is 1.89 bits per heavy atom. The molecule has 3 heteroatoms. The van der Waals surface area contributed by atoms with Gasteiger partial charge in [-0.2, -0.15) is 5.26 Å². The molecule has 2 nitrogen and oxygen atoms in total. The molecule has 0 heterocycles. The predicted molar refractivity (Wildman–Crippen MR) is 72.0 cm³/mol. The summed E-state index contributed by atoms with van der Waals surface area (Å²) in [7, 11) is 0. The van der Waals surface area contributed by atoms with Crippen molar-refractivity contribution in [3.63, 3.8) is 0 Å². The molecule has 0 bridgehead atoms. The Kier molecular flexibility index (Phi) is 3.86. The molecule has 0 N–H and O–H groups in total. The van der Waals surface area contributed by atoms with Crippen LogP contribution in [0, 0.1) is 18.3 Å². The maximum absolute atomic E-state index is 8.72. The van der Waals surface area contributed by atoms with Crippen molar-refractivity contribution in [3.8, 4) is 17.6 Å². The van der Waals surface area contributed by atoms with Crippen molar-refractivity contribution >= 4 is 11.6 Å². The van der Waals surface area contributed by atoms with E-state index in [1.54, 1.807) is 24.3 Å². The Morgan fingerprint density at radius 3 is 2.44 bits per heavy atom. The number of ether oxygens (including phenoxy) is 1. The van der Waals surface area contributed by atoms with E-state index >= 15 is 0 Å². The second-order valence-electron chi connectivity index (χ2n) is 3.97. The van der Waals surface area contributed by atoms with Crippen LogP contribution in [-0.4, -0.2) is 0 Å². The van der Waals surface area contributed by atoms with Gasteiger partial charge in [0.05, 0.1) is 11.6 Å². The average molecular weight is 258 g/mol. The molecule has 0 aliphatic carbocycles. The first-order valence-electron chi connectivity index (χ1n) is 5.56. The van der Waals surface area contributed by atoms with E-state index in [0.29, 0.717) is 11.4 Å². The van der Waals surface area contributed by atoms with E-state index in [4.69, 9.17) is 21.6 Å². The standard InChI is InChI=1S/C15H12ClNO/c1-11-8-13(9-16)4-7-15(11)18-14-5-2-12(10-17)3-6-14/h2-8H,9H2,1H3. The SMILES string of the molecule is Cc1cc(CCl)ccc1Oc1ccc(C#N)cc1. The van der Waals surface area contributed by atoms with E-state index < -0.39 is 0 Å². The number of aryl methyl sites for hydroxylation is 1. The maximum atomic E-state index is 8.72. The molecule has 0 atom stereocenters. The first kappa shape index (κ1) is 12.5. The zero-order valence-corrected chi connectivity index (χ0v) is 10.7. The van der Waals surface area contributed by atoms with Crippen LogP contribution in [0.4, 0.5) is 0 Å². The first-order chi connectivity index (χ1) is 8.72. The lowest BCUT2D eigenvalue weighted by molar-refractivity contribution is 0.478. The van der Waals surface area contributed by atoms with E-state index in [-0.39, 0.29) is 0 Å². The van der Waals surface area contributed by atoms with Crippen LogP contribution in [0.2, 0.25) is 0 Å².